The van der Waals surface area contributed by atoms with Crippen molar-refractivity contribution in [2.24, 2.45) is 18.0 Å². The molecule has 1 unspecified atom stereocenters. The van der Waals surface area contributed by atoms with Crippen LogP contribution in [0.15, 0.2) is 38.8 Å². The number of benzene rings is 1. The van der Waals surface area contributed by atoms with Gasteiger partial charge in [-0.1, -0.05) is 17.4 Å². The smallest absolute Gasteiger partial charge is 0.252 e. The van der Waals surface area contributed by atoms with Crippen LogP contribution in [-0.2, 0) is 21.9 Å². The molecule has 1 amide bonds. The molecule has 166 valence electrons. The predicted octanol–water partition coefficient (Wildman–Crippen LogP) is 2.85. The van der Waals surface area contributed by atoms with Gasteiger partial charge in [-0.15, -0.1) is 11.3 Å². The first-order valence-corrected chi connectivity index (χ1v) is 12.8. The molecular formula is C20H23N3O5S3. The fourth-order valence-corrected chi connectivity index (χ4v) is 7.35. The zero-order valence-corrected chi connectivity index (χ0v) is 19.8. The Morgan fingerprint density at radius 1 is 1.23 bits per heavy atom. The number of aromatic nitrogens is 1. The lowest BCUT2D eigenvalue weighted by atomic mass is 9.99. The zero-order valence-electron chi connectivity index (χ0n) is 17.4. The summed E-state index contributed by atoms with van der Waals surface area (Å²) in [6, 6.07) is 7.02. The van der Waals surface area contributed by atoms with Gasteiger partial charge in [0, 0.05) is 32.3 Å². The summed E-state index contributed by atoms with van der Waals surface area (Å²) in [7, 11) is 1.41. The molecule has 3 aromatic rings. The van der Waals surface area contributed by atoms with Gasteiger partial charge in [-0.25, -0.2) is 8.42 Å². The fourth-order valence-electron chi connectivity index (χ4n) is 3.65. The van der Waals surface area contributed by atoms with E-state index >= 15 is 0 Å². The van der Waals surface area contributed by atoms with Crippen molar-refractivity contribution in [2.75, 3.05) is 27.3 Å². The third-order valence-corrected chi connectivity index (χ3v) is 9.68. The molecule has 1 aliphatic rings. The summed E-state index contributed by atoms with van der Waals surface area (Å²) in [5, 5.41) is 1.74. The van der Waals surface area contributed by atoms with Crippen molar-refractivity contribution >= 4 is 48.8 Å². The maximum atomic E-state index is 13.0. The zero-order chi connectivity index (χ0) is 22.2. The lowest BCUT2D eigenvalue weighted by Gasteiger charge is -2.29. The second-order valence-corrected chi connectivity index (χ2v) is 11.3. The van der Waals surface area contributed by atoms with Crippen molar-refractivity contribution in [1.29, 1.82) is 0 Å². The van der Waals surface area contributed by atoms with Crippen molar-refractivity contribution in [1.82, 2.24) is 8.87 Å². The molecule has 1 fully saturated rings. The predicted molar refractivity (Wildman–Crippen MR) is 120 cm³/mol. The lowest BCUT2D eigenvalue weighted by Crippen LogP contribution is -2.42. The molecule has 8 nitrogen and oxygen atoms in total. The van der Waals surface area contributed by atoms with Gasteiger partial charge in [-0.2, -0.15) is 9.30 Å². The molecule has 0 spiro atoms. The van der Waals surface area contributed by atoms with E-state index in [1.54, 1.807) is 31.7 Å². The number of nitrogens with zero attached hydrogens (tertiary/aromatic N) is 3. The number of hydrogen-bond donors (Lipinski definition) is 0. The minimum Gasteiger partial charge on any atom is -0.493 e. The van der Waals surface area contributed by atoms with Crippen molar-refractivity contribution in [3.8, 4) is 11.5 Å². The highest BCUT2D eigenvalue weighted by Crippen LogP contribution is 2.33. The molecular weight excluding hydrogens is 458 g/mol. The first-order chi connectivity index (χ1) is 14.8. The number of fused-ring (bicyclic) bond motifs is 1. The molecule has 0 aliphatic carbocycles. The van der Waals surface area contributed by atoms with Crippen LogP contribution >= 0.6 is 22.7 Å². The quantitative estimate of drug-likeness (QED) is 0.559. The first-order valence-electron chi connectivity index (χ1n) is 9.69. The number of carbonyl (C=O) groups excluding carboxylic acids is 1. The summed E-state index contributed by atoms with van der Waals surface area (Å²) in [5.74, 6) is 0.448. The van der Waals surface area contributed by atoms with Crippen molar-refractivity contribution < 1.29 is 22.7 Å². The molecule has 31 heavy (non-hydrogen) atoms. The van der Waals surface area contributed by atoms with E-state index in [1.165, 1.54) is 27.0 Å². The molecule has 4 rings (SSSR count). The molecule has 1 saturated heterocycles. The second-order valence-electron chi connectivity index (χ2n) is 7.20. The average molecular weight is 482 g/mol. The van der Waals surface area contributed by atoms with E-state index in [0.717, 1.165) is 10.2 Å². The SMILES string of the molecule is COc1cc2sc(=NC(=O)C3CCCN(S(=O)(=O)c4cccs4)C3)n(C)c2cc1OC. The van der Waals surface area contributed by atoms with Crippen LogP contribution < -0.4 is 14.3 Å². The Hall–Kier alpha value is -2.21. The van der Waals surface area contributed by atoms with Crippen LogP contribution in [0.1, 0.15) is 12.8 Å². The van der Waals surface area contributed by atoms with Crippen LogP contribution in [0.5, 0.6) is 11.5 Å². The minimum absolute atomic E-state index is 0.152. The summed E-state index contributed by atoms with van der Waals surface area (Å²) in [6.45, 7) is 0.569. The highest BCUT2D eigenvalue weighted by Gasteiger charge is 2.33. The van der Waals surface area contributed by atoms with Crippen LogP contribution in [0.3, 0.4) is 0 Å². The van der Waals surface area contributed by atoms with Gasteiger partial charge in [-0.3, -0.25) is 4.79 Å². The van der Waals surface area contributed by atoms with E-state index in [9.17, 15) is 13.2 Å². The number of amides is 1. The number of ether oxygens (including phenoxy) is 2. The highest BCUT2D eigenvalue weighted by molar-refractivity contribution is 7.91. The number of rotatable bonds is 5. The Labute approximate surface area is 188 Å². The number of piperidine rings is 1. The Morgan fingerprint density at radius 2 is 1.97 bits per heavy atom. The van der Waals surface area contributed by atoms with Crippen molar-refractivity contribution in [3.63, 3.8) is 0 Å². The van der Waals surface area contributed by atoms with Gasteiger partial charge in [0.2, 0.25) is 0 Å². The maximum absolute atomic E-state index is 13.0. The number of aryl methyl sites for hydroxylation is 1. The van der Waals surface area contributed by atoms with Gasteiger partial charge in [-0.05, 0) is 24.3 Å². The molecule has 1 aromatic carbocycles. The average Bonchev–Trinajstić information content (AvgIpc) is 3.42. The Kier molecular flexibility index (Phi) is 6.20. The van der Waals surface area contributed by atoms with Gasteiger partial charge in [0.1, 0.15) is 4.21 Å². The largest absolute Gasteiger partial charge is 0.493 e. The minimum atomic E-state index is -3.57. The van der Waals surface area contributed by atoms with Crippen LogP contribution in [0.25, 0.3) is 10.2 Å². The van der Waals surface area contributed by atoms with E-state index in [-0.39, 0.29) is 12.5 Å². The standard InChI is InChI=1S/C20H23N3O5S3/c1-22-14-10-15(27-2)16(28-3)11-17(14)30-20(22)21-19(24)13-6-4-8-23(12-13)31(25,26)18-7-5-9-29-18/h5,7,9-11,13H,4,6,8,12H2,1-3H3. The highest BCUT2D eigenvalue weighted by atomic mass is 32.2. The number of thiazole rings is 1. The van der Waals surface area contributed by atoms with E-state index in [1.807, 2.05) is 23.7 Å². The number of hydrogen-bond acceptors (Lipinski definition) is 7. The molecule has 1 atom stereocenters. The number of methoxy groups -OCH3 is 2. The van der Waals surface area contributed by atoms with Crippen LogP contribution in [-0.4, -0.2) is 50.5 Å². The summed E-state index contributed by atoms with van der Waals surface area (Å²) in [4.78, 5) is 17.9. The summed E-state index contributed by atoms with van der Waals surface area (Å²) < 4.78 is 40.9. The maximum Gasteiger partial charge on any atom is 0.252 e. The van der Waals surface area contributed by atoms with Gasteiger partial charge < -0.3 is 14.0 Å². The van der Waals surface area contributed by atoms with Crippen molar-refractivity contribution in [2.45, 2.75) is 17.1 Å². The molecule has 0 radical (unpaired) electrons. The Morgan fingerprint density at radius 3 is 2.65 bits per heavy atom. The summed E-state index contributed by atoms with van der Waals surface area (Å²) >= 11 is 2.56. The first kappa shape index (κ1) is 22.0. The molecule has 1 aliphatic heterocycles. The van der Waals surface area contributed by atoms with Gasteiger partial charge >= 0.3 is 0 Å². The third kappa shape index (κ3) is 4.14. The van der Waals surface area contributed by atoms with Gasteiger partial charge in [0.05, 0.1) is 30.4 Å². The molecule has 0 N–H and O–H groups in total. The fraction of sp³-hybridized carbons (Fsp3) is 0.400. The number of sulfonamides is 1. The Balaban J connectivity index is 1.62. The molecule has 0 bridgehead atoms. The van der Waals surface area contributed by atoms with Crippen LogP contribution in [0.4, 0.5) is 0 Å². The van der Waals surface area contributed by atoms with Crippen LogP contribution in [0, 0.1) is 5.92 Å². The monoisotopic (exact) mass is 481 g/mol. The second kappa shape index (κ2) is 8.73. The van der Waals surface area contributed by atoms with Crippen LogP contribution in [0.2, 0.25) is 0 Å². The number of thiophene rings is 1. The van der Waals surface area contributed by atoms with E-state index in [0.29, 0.717) is 39.9 Å². The molecule has 0 saturated carbocycles. The third-order valence-electron chi connectivity index (χ3n) is 5.34. The van der Waals surface area contributed by atoms with Crippen molar-refractivity contribution in [3.05, 3.63) is 34.4 Å². The van der Waals surface area contributed by atoms with E-state index < -0.39 is 15.9 Å². The molecule has 3 heterocycles. The topological polar surface area (TPSA) is 90.2 Å². The van der Waals surface area contributed by atoms with E-state index in [2.05, 4.69) is 4.99 Å². The number of carbonyl (C=O) groups is 1. The summed E-state index contributed by atoms with van der Waals surface area (Å²) in [6.07, 6.45) is 1.25. The summed E-state index contributed by atoms with van der Waals surface area (Å²) in [5.41, 5.74) is 0.875. The Bertz CT molecular complexity index is 1280. The van der Waals surface area contributed by atoms with Gasteiger partial charge in [0.15, 0.2) is 16.3 Å². The van der Waals surface area contributed by atoms with Gasteiger partial charge in [0.25, 0.3) is 15.9 Å². The van der Waals surface area contributed by atoms with E-state index in [4.69, 9.17) is 9.47 Å². The molecule has 2 aromatic heterocycles. The lowest BCUT2D eigenvalue weighted by molar-refractivity contribution is -0.122. The normalized spacial score (nSPS) is 18.4. The molecule has 11 heteroatoms.